The summed E-state index contributed by atoms with van der Waals surface area (Å²) in [6.07, 6.45) is 0.402. The van der Waals surface area contributed by atoms with E-state index in [2.05, 4.69) is 207 Å². The van der Waals surface area contributed by atoms with Gasteiger partial charge in [-0.2, -0.15) is 0 Å². The minimum absolute atomic E-state index is 0.0304. The van der Waals surface area contributed by atoms with E-state index in [1.807, 2.05) is 24.3 Å². The van der Waals surface area contributed by atoms with Crippen LogP contribution in [0.2, 0.25) is 0 Å². The highest BCUT2D eigenvalue weighted by Gasteiger charge is 2.34. The monoisotopic (exact) mass is 1110 g/mol. The van der Waals surface area contributed by atoms with Gasteiger partial charge in [-0.05, 0) is 151 Å². The number of halogens is 2. The van der Waals surface area contributed by atoms with Crippen LogP contribution in [-0.2, 0) is 32.5 Å². The predicted molar refractivity (Wildman–Crippen MR) is 343 cm³/mol. The largest absolute Gasteiger partial charge is 0.505 e. The molecule has 0 aliphatic carbocycles. The fourth-order valence-corrected chi connectivity index (χ4v) is 11.7. The molecule has 0 bridgehead atoms. The van der Waals surface area contributed by atoms with Crippen molar-refractivity contribution in [2.45, 2.75) is 164 Å². The highest BCUT2D eigenvalue weighted by Crippen LogP contribution is 2.52. The first-order valence-electron chi connectivity index (χ1n) is 29.4. The molecule has 0 spiro atoms. The lowest BCUT2D eigenvalue weighted by Crippen LogP contribution is -2.18. The van der Waals surface area contributed by atoms with Crippen LogP contribution in [0.4, 0.5) is 8.78 Å². The van der Waals surface area contributed by atoms with E-state index in [0.29, 0.717) is 51.5 Å². The van der Waals surface area contributed by atoms with Crippen LogP contribution >= 0.6 is 0 Å². The van der Waals surface area contributed by atoms with Gasteiger partial charge in [-0.3, -0.25) is 0 Å². The molecule has 0 saturated carbocycles. The lowest BCUT2D eigenvalue weighted by atomic mass is 9.83. The van der Waals surface area contributed by atoms with Crippen molar-refractivity contribution in [3.05, 3.63) is 178 Å². The van der Waals surface area contributed by atoms with Crippen LogP contribution in [0.15, 0.2) is 133 Å². The molecule has 0 amide bonds. The van der Waals surface area contributed by atoms with E-state index in [0.717, 1.165) is 54.7 Å². The van der Waals surface area contributed by atoms with Gasteiger partial charge in [0.25, 0.3) is 0 Å². The SMILES string of the molecule is CC(C)(C)c1ccc2c(c1)c1cc(C(C)(C)C)ccc1n2-c1c(O)c(-c2cccc(F)c2)cc(C(C)(C)C)c1OCCCOc1c(C(C)(C)C)cc(-c2cccc(F)c2)c(O)c1-n1c2ccc(C(C)(C)C)cc2c2cc(C(C)(C)C)ccc21. The molecule has 6 nitrogen and oxygen atoms in total. The third-order valence-electron chi connectivity index (χ3n) is 16.6. The summed E-state index contributed by atoms with van der Waals surface area (Å²) in [5.41, 5.74) is 11.5. The summed E-state index contributed by atoms with van der Waals surface area (Å²) < 4.78 is 49.1. The van der Waals surface area contributed by atoms with Gasteiger partial charge in [0.15, 0.2) is 23.0 Å². The minimum Gasteiger partial charge on any atom is -0.505 e. The molecule has 2 N–H and O–H groups in total. The normalized spacial score (nSPS) is 13.1. The molecule has 0 radical (unpaired) electrons. The average molecular weight is 1120 g/mol. The molecule has 432 valence electrons. The lowest BCUT2D eigenvalue weighted by Gasteiger charge is -2.29. The van der Waals surface area contributed by atoms with Crippen LogP contribution in [0.3, 0.4) is 0 Å². The Bertz CT molecular complexity index is 3760. The number of aromatic hydroxyl groups is 2. The Hall–Kier alpha value is -7.58. The molecular formula is C75H84F2N2O4. The number of hydrogen-bond donors (Lipinski definition) is 2. The zero-order valence-electron chi connectivity index (χ0n) is 52.2. The van der Waals surface area contributed by atoms with E-state index in [1.54, 1.807) is 12.1 Å². The van der Waals surface area contributed by atoms with Crippen molar-refractivity contribution in [3.8, 4) is 56.6 Å². The zero-order chi connectivity index (χ0) is 60.3. The first-order valence-corrected chi connectivity index (χ1v) is 29.4. The number of rotatable bonds is 10. The van der Waals surface area contributed by atoms with E-state index in [1.165, 1.54) is 46.5 Å². The minimum atomic E-state index is -0.519. The molecule has 0 unspecified atom stereocenters. The van der Waals surface area contributed by atoms with Gasteiger partial charge in [-0.25, -0.2) is 8.78 Å². The number of fused-ring (bicyclic) bond motifs is 6. The fourth-order valence-electron chi connectivity index (χ4n) is 11.7. The van der Waals surface area contributed by atoms with Gasteiger partial charge in [-0.1, -0.05) is 173 Å². The second-order valence-electron chi connectivity index (χ2n) is 29.2. The second-order valence-corrected chi connectivity index (χ2v) is 29.2. The van der Waals surface area contributed by atoms with Crippen LogP contribution < -0.4 is 9.47 Å². The van der Waals surface area contributed by atoms with Crippen LogP contribution in [-0.4, -0.2) is 32.6 Å². The third-order valence-corrected chi connectivity index (χ3v) is 16.6. The molecule has 8 heteroatoms. The standard InChI is InChI=1S/C75H84F2N2O4/c1-70(2,3)46-26-30-60-54(38-46)55-39-47(71(4,5)6)27-31-61(55)78(60)64-66(80)52(44-22-19-24-50(76)36-44)42-58(74(13,14)15)68(64)82-34-21-35-83-69-59(75(16,17)18)43-53(45-23-20-25-51(77)37-45)67(81)65(69)79-62-32-28-48(72(7,8)9)40-56(62)57-41-49(73(10,11)12)29-33-63(57)79/h19-20,22-33,36-43,80-81H,21,34-35H2,1-18H3. The molecule has 8 aromatic carbocycles. The quantitative estimate of drug-likeness (QED) is 0.134. The smallest absolute Gasteiger partial charge is 0.151 e. The first-order chi connectivity index (χ1) is 38.6. The Morgan fingerprint density at radius 3 is 0.904 bits per heavy atom. The number of nitrogens with zero attached hydrogens (tertiary/aromatic N) is 2. The van der Waals surface area contributed by atoms with Crippen molar-refractivity contribution in [2.24, 2.45) is 0 Å². The van der Waals surface area contributed by atoms with Crippen molar-refractivity contribution in [1.29, 1.82) is 0 Å². The summed E-state index contributed by atoms with van der Waals surface area (Å²) in [6.45, 7) is 39.8. The van der Waals surface area contributed by atoms with Crippen molar-refractivity contribution in [2.75, 3.05) is 13.2 Å². The van der Waals surface area contributed by atoms with Gasteiger partial charge < -0.3 is 28.8 Å². The summed E-state index contributed by atoms with van der Waals surface area (Å²) >= 11 is 0. The van der Waals surface area contributed by atoms with E-state index in [4.69, 9.17) is 9.47 Å². The molecule has 0 fully saturated rings. The Balaban J connectivity index is 1.15. The summed E-state index contributed by atoms with van der Waals surface area (Å²) in [4.78, 5) is 0. The first kappa shape index (κ1) is 58.6. The number of aromatic nitrogens is 2. The highest BCUT2D eigenvalue weighted by molar-refractivity contribution is 6.12. The number of ether oxygens (including phenoxy) is 2. The van der Waals surface area contributed by atoms with Gasteiger partial charge in [0, 0.05) is 50.2 Å². The molecule has 83 heavy (non-hydrogen) atoms. The number of phenols is 2. The van der Waals surface area contributed by atoms with E-state index in [-0.39, 0.29) is 46.4 Å². The van der Waals surface area contributed by atoms with Crippen molar-refractivity contribution < 1.29 is 28.5 Å². The van der Waals surface area contributed by atoms with Gasteiger partial charge in [-0.15, -0.1) is 0 Å². The summed E-state index contributed by atoms with van der Waals surface area (Å²) in [5, 5.41) is 30.3. The van der Waals surface area contributed by atoms with Crippen molar-refractivity contribution in [3.63, 3.8) is 0 Å². The Labute approximate surface area is 490 Å². The molecule has 2 heterocycles. The number of hydrogen-bond acceptors (Lipinski definition) is 4. The summed E-state index contributed by atoms with van der Waals surface area (Å²) in [6, 6.07) is 43.1. The maximum absolute atomic E-state index is 15.2. The van der Waals surface area contributed by atoms with Crippen molar-refractivity contribution in [1.82, 2.24) is 9.13 Å². The third kappa shape index (κ3) is 11.0. The zero-order valence-corrected chi connectivity index (χ0v) is 52.2. The molecule has 2 aromatic heterocycles. The van der Waals surface area contributed by atoms with E-state index >= 15 is 8.78 Å². The lowest BCUT2D eigenvalue weighted by molar-refractivity contribution is 0.240. The van der Waals surface area contributed by atoms with Gasteiger partial charge >= 0.3 is 0 Å². The number of benzene rings is 8. The molecule has 10 aromatic rings. The molecule has 10 rings (SSSR count). The Kier molecular flexibility index (Phi) is 14.6. The van der Waals surface area contributed by atoms with Gasteiger partial charge in [0.1, 0.15) is 23.0 Å². The predicted octanol–water partition coefficient (Wildman–Crippen LogP) is 20.5. The molecule has 0 aliphatic rings. The molecule has 0 atom stereocenters. The highest BCUT2D eigenvalue weighted by atomic mass is 19.1. The maximum atomic E-state index is 15.2. The molecule has 0 aliphatic heterocycles. The molecular weight excluding hydrogens is 1030 g/mol. The number of phenolic OH excluding ortho intramolecular Hbond substituents is 2. The van der Waals surface area contributed by atoms with Crippen molar-refractivity contribution >= 4 is 43.6 Å². The van der Waals surface area contributed by atoms with Crippen LogP contribution in [0.5, 0.6) is 23.0 Å². The summed E-state index contributed by atoms with van der Waals surface area (Å²) in [5.74, 6) is 0.154. The average Bonchev–Trinajstić information content (AvgIpc) is 4.08. The molecule has 0 saturated heterocycles. The van der Waals surface area contributed by atoms with Gasteiger partial charge in [0.05, 0.1) is 35.3 Å². The van der Waals surface area contributed by atoms with E-state index in [9.17, 15) is 10.2 Å². The van der Waals surface area contributed by atoms with Crippen LogP contribution in [0.25, 0.3) is 77.2 Å². The maximum Gasteiger partial charge on any atom is 0.151 e. The Morgan fingerprint density at radius 2 is 0.651 bits per heavy atom. The second kappa shape index (κ2) is 20.6. The summed E-state index contributed by atoms with van der Waals surface area (Å²) in [7, 11) is 0. The van der Waals surface area contributed by atoms with Crippen LogP contribution in [0.1, 0.15) is 164 Å². The van der Waals surface area contributed by atoms with Crippen LogP contribution in [0, 0.1) is 11.6 Å². The Morgan fingerprint density at radius 1 is 0.361 bits per heavy atom. The van der Waals surface area contributed by atoms with Gasteiger partial charge in [0.2, 0.25) is 0 Å². The topological polar surface area (TPSA) is 68.8 Å². The van der Waals surface area contributed by atoms with E-state index < -0.39 is 22.5 Å². The fraction of sp³-hybridized carbons (Fsp3) is 0.360.